The van der Waals surface area contributed by atoms with Crippen molar-refractivity contribution < 1.29 is 18.0 Å². The zero-order valence-corrected chi connectivity index (χ0v) is 12.2. The summed E-state index contributed by atoms with van der Waals surface area (Å²) in [5, 5.41) is 0. The Morgan fingerprint density at radius 2 is 2.09 bits per heavy atom. The van der Waals surface area contributed by atoms with Gasteiger partial charge in [-0.1, -0.05) is 6.08 Å². The minimum atomic E-state index is -4.54. The van der Waals surface area contributed by atoms with Gasteiger partial charge < -0.3 is 9.47 Å². The number of rotatable bonds is 4. The predicted octanol–water partition coefficient (Wildman–Crippen LogP) is 2.78. The normalized spacial score (nSPS) is 14.8. The summed E-state index contributed by atoms with van der Waals surface area (Å²) in [6.07, 6.45) is 0.729. The number of halogens is 3. The summed E-state index contributed by atoms with van der Waals surface area (Å²) in [6, 6.07) is 1.56. The molecule has 0 radical (unpaired) electrons. The number of pyridine rings is 1. The molecule has 0 aromatic carbocycles. The Labute approximate surface area is 125 Å². The molecule has 0 saturated carbocycles. The van der Waals surface area contributed by atoms with Gasteiger partial charge in [-0.05, 0) is 32.3 Å². The predicted molar refractivity (Wildman–Crippen MR) is 75.0 cm³/mol. The monoisotopic (exact) mass is 314 g/mol. The molecule has 120 valence electrons. The Kier molecular flexibility index (Phi) is 4.73. The summed E-state index contributed by atoms with van der Waals surface area (Å²) in [5.74, 6) is -0.378. The van der Waals surface area contributed by atoms with Gasteiger partial charge in [0.05, 0.1) is 5.56 Å². The fourth-order valence-electron chi connectivity index (χ4n) is 2.49. The molecular weight excluding hydrogens is 297 g/mol. The van der Waals surface area contributed by atoms with Crippen LogP contribution in [0.15, 0.2) is 34.9 Å². The molecule has 1 heterocycles. The molecule has 7 heteroatoms. The average Bonchev–Trinajstić information content (AvgIpc) is 2.94. The fraction of sp³-hybridized carbons (Fsp3) is 0.467. The van der Waals surface area contributed by atoms with Gasteiger partial charge in [0.15, 0.2) is 0 Å². The highest BCUT2D eigenvalue weighted by atomic mass is 19.4. The lowest BCUT2D eigenvalue weighted by Gasteiger charge is -2.23. The molecule has 0 atom stereocenters. The van der Waals surface area contributed by atoms with Crippen molar-refractivity contribution in [3.8, 4) is 0 Å². The van der Waals surface area contributed by atoms with Crippen molar-refractivity contribution in [3.05, 3.63) is 46.0 Å². The van der Waals surface area contributed by atoms with E-state index in [-0.39, 0.29) is 5.91 Å². The Morgan fingerprint density at radius 3 is 2.64 bits per heavy atom. The highest BCUT2D eigenvalue weighted by molar-refractivity contribution is 5.78. The summed E-state index contributed by atoms with van der Waals surface area (Å²) in [6.45, 7) is 1.83. The Hall–Kier alpha value is -2.05. The quantitative estimate of drug-likeness (QED) is 0.857. The standard InChI is InChI=1S/C15H17F3N2O2/c1-2-20(12-5-3-4-6-12)14(22)10-19-9-11(15(16,17)18)7-8-13(19)21/h5,7-9H,2-4,6,10H2,1H3. The lowest BCUT2D eigenvalue weighted by Crippen LogP contribution is -2.35. The van der Waals surface area contributed by atoms with E-state index in [1.54, 1.807) is 6.92 Å². The van der Waals surface area contributed by atoms with Crippen LogP contribution in [-0.4, -0.2) is 21.9 Å². The fourth-order valence-corrected chi connectivity index (χ4v) is 2.49. The number of nitrogens with zero attached hydrogens (tertiary/aromatic N) is 2. The van der Waals surface area contributed by atoms with E-state index in [1.165, 1.54) is 4.90 Å². The third-order valence-corrected chi connectivity index (χ3v) is 3.60. The molecule has 2 rings (SSSR count). The van der Waals surface area contributed by atoms with Crippen molar-refractivity contribution >= 4 is 5.91 Å². The first kappa shape index (κ1) is 16.3. The van der Waals surface area contributed by atoms with E-state index >= 15 is 0 Å². The van der Waals surface area contributed by atoms with E-state index in [1.807, 2.05) is 6.08 Å². The van der Waals surface area contributed by atoms with E-state index in [0.29, 0.717) is 12.7 Å². The largest absolute Gasteiger partial charge is 0.417 e. The summed E-state index contributed by atoms with van der Waals surface area (Å²) in [7, 11) is 0. The van der Waals surface area contributed by atoms with Crippen LogP contribution in [0, 0.1) is 0 Å². The summed E-state index contributed by atoms with van der Waals surface area (Å²) in [4.78, 5) is 25.5. The van der Waals surface area contributed by atoms with Gasteiger partial charge in [0.2, 0.25) is 5.91 Å². The third-order valence-electron chi connectivity index (χ3n) is 3.60. The zero-order valence-electron chi connectivity index (χ0n) is 12.2. The van der Waals surface area contributed by atoms with Crippen molar-refractivity contribution in [1.29, 1.82) is 0 Å². The molecule has 0 N–H and O–H groups in total. The van der Waals surface area contributed by atoms with Gasteiger partial charge in [0.25, 0.3) is 5.56 Å². The maximum atomic E-state index is 12.7. The van der Waals surface area contributed by atoms with Gasteiger partial charge in [0.1, 0.15) is 6.54 Å². The lowest BCUT2D eigenvalue weighted by molar-refractivity contribution is -0.138. The molecule has 1 aliphatic rings. The third kappa shape index (κ3) is 3.58. The second kappa shape index (κ2) is 6.37. The minimum absolute atomic E-state index is 0.378. The molecule has 1 amide bonds. The number of hydrogen-bond donors (Lipinski definition) is 0. The molecule has 0 aliphatic heterocycles. The molecule has 1 aromatic rings. The lowest BCUT2D eigenvalue weighted by atomic mass is 10.2. The first-order chi connectivity index (χ1) is 10.3. The first-order valence-corrected chi connectivity index (χ1v) is 7.10. The Bertz CT molecular complexity index is 647. The molecule has 22 heavy (non-hydrogen) atoms. The summed E-state index contributed by atoms with van der Waals surface area (Å²) >= 11 is 0. The maximum Gasteiger partial charge on any atom is 0.417 e. The van der Waals surface area contributed by atoms with Crippen LogP contribution in [0.4, 0.5) is 13.2 Å². The van der Waals surface area contributed by atoms with Gasteiger partial charge in [-0.25, -0.2) is 0 Å². The van der Waals surface area contributed by atoms with Crippen LogP contribution in [0.25, 0.3) is 0 Å². The molecule has 0 unspecified atom stereocenters. The van der Waals surface area contributed by atoms with E-state index in [0.717, 1.165) is 41.7 Å². The van der Waals surface area contributed by atoms with Crippen molar-refractivity contribution in [3.63, 3.8) is 0 Å². The molecule has 0 saturated heterocycles. The van der Waals surface area contributed by atoms with Crippen LogP contribution in [-0.2, 0) is 17.5 Å². The van der Waals surface area contributed by atoms with Crippen molar-refractivity contribution in [2.45, 2.75) is 38.9 Å². The van der Waals surface area contributed by atoms with E-state index < -0.39 is 23.8 Å². The number of carbonyl (C=O) groups excluding carboxylic acids is 1. The topological polar surface area (TPSA) is 42.3 Å². The first-order valence-electron chi connectivity index (χ1n) is 7.10. The van der Waals surface area contributed by atoms with Crippen LogP contribution in [0.1, 0.15) is 31.7 Å². The highest BCUT2D eigenvalue weighted by Gasteiger charge is 2.31. The zero-order chi connectivity index (χ0) is 16.3. The van der Waals surface area contributed by atoms with Gasteiger partial charge >= 0.3 is 6.18 Å². The second-order valence-electron chi connectivity index (χ2n) is 5.11. The number of hydrogen-bond acceptors (Lipinski definition) is 2. The number of carbonyl (C=O) groups is 1. The van der Waals surface area contributed by atoms with Gasteiger partial charge in [0, 0.05) is 24.5 Å². The van der Waals surface area contributed by atoms with Crippen molar-refractivity contribution in [1.82, 2.24) is 9.47 Å². The summed E-state index contributed by atoms with van der Waals surface area (Å²) < 4.78 is 38.9. The van der Waals surface area contributed by atoms with Crippen LogP contribution in [0.2, 0.25) is 0 Å². The number of amides is 1. The molecule has 4 nitrogen and oxygen atoms in total. The smallest absolute Gasteiger partial charge is 0.315 e. The Morgan fingerprint density at radius 1 is 1.36 bits per heavy atom. The van der Waals surface area contributed by atoms with Crippen LogP contribution in [0.3, 0.4) is 0 Å². The molecule has 0 spiro atoms. The molecule has 1 aromatic heterocycles. The van der Waals surface area contributed by atoms with Crippen LogP contribution >= 0.6 is 0 Å². The van der Waals surface area contributed by atoms with E-state index in [9.17, 15) is 22.8 Å². The SMILES string of the molecule is CCN(C(=O)Cn1cc(C(F)(F)F)ccc1=O)C1=CCCC1. The molecular formula is C15H17F3N2O2. The van der Waals surface area contributed by atoms with Gasteiger partial charge in [-0.2, -0.15) is 13.2 Å². The number of allylic oxidation sites excluding steroid dienone is 2. The van der Waals surface area contributed by atoms with Crippen molar-refractivity contribution in [2.75, 3.05) is 6.54 Å². The van der Waals surface area contributed by atoms with Crippen LogP contribution < -0.4 is 5.56 Å². The minimum Gasteiger partial charge on any atom is -0.315 e. The second-order valence-corrected chi connectivity index (χ2v) is 5.11. The van der Waals surface area contributed by atoms with Crippen molar-refractivity contribution in [2.24, 2.45) is 0 Å². The van der Waals surface area contributed by atoms with E-state index in [4.69, 9.17) is 0 Å². The number of alkyl halides is 3. The van der Waals surface area contributed by atoms with Crippen LogP contribution in [0.5, 0.6) is 0 Å². The Balaban J connectivity index is 2.22. The molecule has 0 bridgehead atoms. The maximum absolute atomic E-state index is 12.7. The van der Waals surface area contributed by atoms with E-state index in [2.05, 4.69) is 0 Å². The molecule has 1 aliphatic carbocycles. The highest BCUT2D eigenvalue weighted by Crippen LogP contribution is 2.28. The summed E-state index contributed by atoms with van der Waals surface area (Å²) in [5.41, 5.74) is -0.687. The number of likely N-dealkylation sites (N-methyl/N-ethyl adjacent to an activating group) is 1. The molecule has 0 fully saturated rings. The van der Waals surface area contributed by atoms with Gasteiger partial charge in [-0.3, -0.25) is 9.59 Å². The number of aromatic nitrogens is 1. The van der Waals surface area contributed by atoms with Gasteiger partial charge in [-0.15, -0.1) is 0 Å². The average molecular weight is 314 g/mol.